The Balaban J connectivity index is 2.30. The summed E-state index contributed by atoms with van der Waals surface area (Å²) < 4.78 is 24.4. The van der Waals surface area contributed by atoms with Crippen molar-refractivity contribution in [1.29, 1.82) is 0 Å². The summed E-state index contributed by atoms with van der Waals surface area (Å²) in [6.45, 7) is 1.65. The van der Waals surface area contributed by atoms with E-state index in [0.29, 0.717) is 12.1 Å². The molecular formula is C11H11F2NO. The molecule has 0 aliphatic carbocycles. The first-order chi connectivity index (χ1) is 7.09. The number of benzene rings is 1. The van der Waals surface area contributed by atoms with Crippen molar-refractivity contribution in [2.24, 2.45) is 0 Å². The van der Waals surface area contributed by atoms with Crippen LogP contribution < -0.4 is 0 Å². The number of aryl methyl sites for hydroxylation is 1. The number of carbonyl (C=O) groups excluding carboxylic acids is 1. The monoisotopic (exact) mass is 211 g/mol. The quantitative estimate of drug-likeness (QED) is 0.734. The Labute approximate surface area is 86.5 Å². The van der Waals surface area contributed by atoms with E-state index in [9.17, 15) is 13.6 Å². The van der Waals surface area contributed by atoms with Crippen LogP contribution in [0.3, 0.4) is 0 Å². The van der Waals surface area contributed by atoms with Crippen LogP contribution in [0, 0.1) is 6.92 Å². The largest absolute Gasteiger partial charge is 0.329 e. The third-order valence-electron chi connectivity index (χ3n) is 2.58. The van der Waals surface area contributed by atoms with E-state index in [-0.39, 0.29) is 5.91 Å². The van der Waals surface area contributed by atoms with Gasteiger partial charge in [0.15, 0.2) is 0 Å². The van der Waals surface area contributed by atoms with Gasteiger partial charge in [-0.2, -0.15) is 0 Å². The summed E-state index contributed by atoms with van der Waals surface area (Å²) in [4.78, 5) is 12.9. The van der Waals surface area contributed by atoms with Crippen LogP contribution in [0.5, 0.6) is 0 Å². The third-order valence-corrected chi connectivity index (χ3v) is 2.58. The molecule has 0 bridgehead atoms. The molecule has 1 aromatic carbocycles. The maximum absolute atomic E-state index is 12.2. The molecule has 0 saturated carbocycles. The second-order valence-corrected chi connectivity index (χ2v) is 3.69. The second-order valence-electron chi connectivity index (χ2n) is 3.69. The lowest BCUT2D eigenvalue weighted by molar-refractivity contribution is 0.0577. The molecule has 2 rings (SSSR count). The lowest BCUT2D eigenvalue weighted by atomic mass is 10.0. The van der Waals surface area contributed by atoms with Gasteiger partial charge >= 0.3 is 0 Å². The zero-order chi connectivity index (χ0) is 11.0. The van der Waals surface area contributed by atoms with Crippen molar-refractivity contribution in [1.82, 2.24) is 4.90 Å². The molecule has 0 saturated heterocycles. The number of carbonyl (C=O) groups is 1. The Morgan fingerprint density at radius 3 is 2.80 bits per heavy atom. The average Bonchev–Trinajstić information content (AvgIpc) is 2.44. The van der Waals surface area contributed by atoms with E-state index < -0.39 is 13.0 Å². The minimum absolute atomic E-state index is 0.275. The number of hydrogen-bond acceptors (Lipinski definition) is 1. The van der Waals surface area contributed by atoms with Gasteiger partial charge in [-0.15, -0.1) is 0 Å². The average molecular weight is 211 g/mol. The first-order valence-electron chi connectivity index (χ1n) is 4.75. The zero-order valence-electron chi connectivity index (χ0n) is 8.34. The minimum Gasteiger partial charge on any atom is -0.329 e. The van der Waals surface area contributed by atoms with Gasteiger partial charge in [-0.05, 0) is 18.1 Å². The van der Waals surface area contributed by atoms with Crippen molar-refractivity contribution in [3.05, 3.63) is 34.9 Å². The van der Waals surface area contributed by atoms with Gasteiger partial charge in [0.1, 0.15) is 0 Å². The number of amides is 1. The first-order valence-corrected chi connectivity index (χ1v) is 4.75. The minimum atomic E-state index is -2.47. The Bertz CT molecular complexity index is 404. The van der Waals surface area contributed by atoms with Crippen LogP contribution in [0.2, 0.25) is 0 Å². The third kappa shape index (κ3) is 1.71. The molecule has 0 spiro atoms. The van der Waals surface area contributed by atoms with Gasteiger partial charge in [-0.3, -0.25) is 4.79 Å². The molecule has 1 aromatic rings. The summed E-state index contributed by atoms with van der Waals surface area (Å²) in [6.07, 6.45) is -2.47. The topological polar surface area (TPSA) is 20.3 Å². The molecule has 80 valence electrons. The van der Waals surface area contributed by atoms with Crippen molar-refractivity contribution in [2.45, 2.75) is 19.9 Å². The highest BCUT2D eigenvalue weighted by molar-refractivity contribution is 5.99. The Kier molecular flexibility index (Phi) is 2.42. The fraction of sp³-hybridized carbons (Fsp3) is 0.364. The van der Waals surface area contributed by atoms with E-state index in [2.05, 4.69) is 0 Å². The van der Waals surface area contributed by atoms with Gasteiger partial charge in [0.05, 0.1) is 6.54 Å². The number of hydrogen-bond donors (Lipinski definition) is 0. The molecule has 0 fully saturated rings. The van der Waals surface area contributed by atoms with E-state index in [1.807, 2.05) is 25.1 Å². The molecule has 1 heterocycles. The van der Waals surface area contributed by atoms with Crippen molar-refractivity contribution >= 4 is 5.91 Å². The fourth-order valence-corrected chi connectivity index (χ4v) is 1.92. The lowest BCUT2D eigenvalue weighted by Gasteiger charge is -2.14. The zero-order valence-corrected chi connectivity index (χ0v) is 8.34. The highest BCUT2D eigenvalue weighted by atomic mass is 19.3. The van der Waals surface area contributed by atoms with Gasteiger partial charge < -0.3 is 4.90 Å². The molecule has 1 aliphatic heterocycles. The van der Waals surface area contributed by atoms with E-state index in [1.54, 1.807) is 0 Å². The molecule has 2 nitrogen and oxygen atoms in total. The predicted octanol–water partition coefficient (Wildman–Crippen LogP) is 2.22. The van der Waals surface area contributed by atoms with Crippen molar-refractivity contribution in [3.8, 4) is 0 Å². The smallest absolute Gasteiger partial charge is 0.255 e. The van der Waals surface area contributed by atoms with Gasteiger partial charge in [0.2, 0.25) is 0 Å². The molecule has 0 atom stereocenters. The summed E-state index contributed by atoms with van der Waals surface area (Å²) in [5.41, 5.74) is 2.30. The summed E-state index contributed by atoms with van der Waals surface area (Å²) in [5.74, 6) is -0.275. The van der Waals surface area contributed by atoms with Crippen LogP contribution in [0.25, 0.3) is 0 Å². The summed E-state index contributed by atoms with van der Waals surface area (Å²) >= 11 is 0. The number of alkyl halides is 2. The maximum atomic E-state index is 12.2. The SMILES string of the molecule is Cc1cccc2c1C(=O)N(CC(F)F)C2. The molecule has 1 amide bonds. The number of nitrogens with zero attached hydrogens (tertiary/aromatic N) is 1. The van der Waals surface area contributed by atoms with Crippen LogP contribution in [0.1, 0.15) is 21.5 Å². The highest BCUT2D eigenvalue weighted by Crippen LogP contribution is 2.25. The van der Waals surface area contributed by atoms with Gasteiger partial charge in [-0.25, -0.2) is 8.78 Å². The molecule has 4 heteroatoms. The lowest BCUT2D eigenvalue weighted by Crippen LogP contribution is -2.29. The standard InChI is InChI=1S/C11H11F2NO/c1-7-3-2-4-8-5-14(6-9(12)13)11(15)10(7)8/h2-4,9H,5-6H2,1H3. The molecule has 0 N–H and O–H groups in total. The van der Waals surface area contributed by atoms with E-state index >= 15 is 0 Å². The van der Waals surface area contributed by atoms with Gasteiger partial charge in [0.25, 0.3) is 12.3 Å². The highest BCUT2D eigenvalue weighted by Gasteiger charge is 2.29. The normalized spacial score (nSPS) is 14.9. The van der Waals surface area contributed by atoms with Crippen LogP contribution in [0.4, 0.5) is 8.78 Å². The van der Waals surface area contributed by atoms with Gasteiger partial charge in [-0.1, -0.05) is 18.2 Å². The Hall–Kier alpha value is -1.45. The number of fused-ring (bicyclic) bond motifs is 1. The van der Waals surface area contributed by atoms with E-state index in [1.165, 1.54) is 4.90 Å². The molecule has 0 unspecified atom stereocenters. The second kappa shape index (κ2) is 3.61. The molecular weight excluding hydrogens is 200 g/mol. The Morgan fingerprint density at radius 2 is 2.20 bits per heavy atom. The molecule has 1 aliphatic rings. The van der Waals surface area contributed by atoms with Crippen LogP contribution >= 0.6 is 0 Å². The predicted molar refractivity (Wildman–Crippen MR) is 51.9 cm³/mol. The summed E-state index contributed by atoms with van der Waals surface area (Å²) in [5, 5.41) is 0. The molecule has 0 aromatic heterocycles. The number of rotatable bonds is 2. The molecule has 15 heavy (non-hydrogen) atoms. The summed E-state index contributed by atoms with van der Waals surface area (Å²) in [6, 6.07) is 5.47. The fourth-order valence-electron chi connectivity index (χ4n) is 1.92. The summed E-state index contributed by atoms with van der Waals surface area (Å²) in [7, 11) is 0. The van der Waals surface area contributed by atoms with Crippen molar-refractivity contribution in [3.63, 3.8) is 0 Å². The molecule has 0 radical (unpaired) electrons. The Morgan fingerprint density at radius 1 is 1.47 bits per heavy atom. The van der Waals surface area contributed by atoms with Crippen LogP contribution in [-0.2, 0) is 6.54 Å². The maximum Gasteiger partial charge on any atom is 0.255 e. The van der Waals surface area contributed by atoms with E-state index in [4.69, 9.17) is 0 Å². The van der Waals surface area contributed by atoms with Gasteiger partial charge in [0, 0.05) is 12.1 Å². The van der Waals surface area contributed by atoms with Crippen LogP contribution in [-0.4, -0.2) is 23.8 Å². The number of halogens is 2. The van der Waals surface area contributed by atoms with E-state index in [0.717, 1.165) is 11.1 Å². The van der Waals surface area contributed by atoms with Crippen molar-refractivity contribution in [2.75, 3.05) is 6.54 Å². The van der Waals surface area contributed by atoms with Crippen LogP contribution in [0.15, 0.2) is 18.2 Å². The first kappa shape index (κ1) is 10.1. The van der Waals surface area contributed by atoms with Crippen molar-refractivity contribution < 1.29 is 13.6 Å².